The van der Waals surface area contributed by atoms with Gasteiger partial charge in [-0.1, -0.05) is 6.07 Å². The van der Waals surface area contributed by atoms with Gasteiger partial charge in [0.2, 0.25) is 0 Å². The second-order valence-electron chi connectivity index (χ2n) is 4.79. The Balaban J connectivity index is 2.14. The zero-order valence-corrected chi connectivity index (χ0v) is 11.9. The summed E-state index contributed by atoms with van der Waals surface area (Å²) in [6.07, 6.45) is 2.59. The van der Waals surface area contributed by atoms with Crippen molar-refractivity contribution in [3.63, 3.8) is 0 Å². The Hall–Kier alpha value is -1.42. The number of benzene rings is 1. The highest BCUT2D eigenvalue weighted by atomic mass is 16.5. The normalized spacial score (nSPS) is 19.5. The van der Waals surface area contributed by atoms with Crippen LogP contribution in [0.25, 0.3) is 0 Å². The van der Waals surface area contributed by atoms with Gasteiger partial charge in [0.25, 0.3) is 0 Å². The van der Waals surface area contributed by atoms with E-state index in [9.17, 15) is 0 Å². The van der Waals surface area contributed by atoms with Crippen LogP contribution in [0.3, 0.4) is 0 Å². The Morgan fingerprint density at radius 2 is 2.16 bits per heavy atom. The van der Waals surface area contributed by atoms with Gasteiger partial charge in [0.1, 0.15) is 5.75 Å². The van der Waals surface area contributed by atoms with E-state index in [-0.39, 0.29) is 0 Å². The quantitative estimate of drug-likeness (QED) is 0.831. The van der Waals surface area contributed by atoms with Gasteiger partial charge in [-0.15, -0.1) is 0 Å². The molecule has 106 valence electrons. The average molecular weight is 264 g/mol. The number of ether oxygens (including phenoxy) is 2. The Morgan fingerprint density at radius 1 is 1.32 bits per heavy atom. The molecule has 0 spiro atoms. The first kappa shape index (κ1) is 14.0. The zero-order chi connectivity index (χ0) is 13.7. The van der Waals surface area contributed by atoms with Crippen molar-refractivity contribution >= 4 is 11.4 Å². The zero-order valence-electron chi connectivity index (χ0n) is 11.9. The summed E-state index contributed by atoms with van der Waals surface area (Å²) in [4.78, 5) is 2.31. The summed E-state index contributed by atoms with van der Waals surface area (Å²) in [5.41, 5.74) is 8.01. The minimum absolute atomic E-state index is 0.314. The smallest absolute Gasteiger partial charge is 0.144 e. The monoisotopic (exact) mass is 264 g/mol. The molecule has 1 aliphatic heterocycles. The van der Waals surface area contributed by atoms with Crippen molar-refractivity contribution < 1.29 is 9.47 Å². The topological polar surface area (TPSA) is 47.7 Å². The van der Waals surface area contributed by atoms with Gasteiger partial charge in [-0.05, 0) is 38.8 Å². The third-order valence-corrected chi connectivity index (χ3v) is 3.46. The summed E-state index contributed by atoms with van der Waals surface area (Å²) < 4.78 is 11.3. The first-order valence-electron chi connectivity index (χ1n) is 7.14. The molecule has 1 fully saturated rings. The number of hydrogen-bond donors (Lipinski definition) is 1. The van der Waals surface area contributed by atoms with Crippen LogP contribution in [0.4, 0.5) is 11.4 Å². The summed E-state index contributed by atoms with van der Waals surface area (Å²) in [5.74, 6) is 0.776. The van der Waals surface area contributed by atoms with Gasteiger partial charge in [0, 0.05) is 19.7 Å². The van der Waals surface area contributed by atoms with E-state index in [1.165, 1.54) is 0 Å². The summed E-state index contributed by atoms with van der Waals surface area (Å²) in [6.45, 7) is 7.36. The van der Waals surface area contributed by atoms with Crippen LogP contribution in [0.5, 0.6) is 5.75 Å². The fraction of sp³-hybridized carbons (Fsp3) is 0.600. The molecule has 2 N–H and O–H groups in total. The average Bonchev–Trinajstić information content (AvgIpc) is 2.42. The predicted molar refractivity (Wildman–Crippen MR) is 78.9 cm³/mol. The Labute approximate surface area is 115 Å². The van der Waals surface area contributed by atoms with Crippen LogP contribution in [0.2, 0.25) is 0 Å². The molecule has 1 aromatic carbocycles. The van der Waals surface area contributed by atoms with Gasteiger partial charge in [0.05, 0.1) is 24.1 Å². The molecule has 4 nitrogen and oxygen atoms in total. The molecule has 0 aliphatic carbocycles. The summed E-state index contributed by atoms with van der Waals surface area (Å²) in [6, 6.07) is 5.99. The van der Waals surface area contributed by atoms with Crippen molar-refractivity contribution in [1.29, 1.82) is 0 Å². The molecule has 1 heterocycles. The molecular formula is C15H24N2O2. The Kier molecular flexibility index (Phi) is 4.91. The molecule has 1 unspecified atom stereocenters. The highest BCUT2D eigenvalue weighted by molar-refractivity contribution is 5.74. The van der Waals surface area contributed by atoms with Crippen molar-refractivity contribution in [1.82, 2.24) is 0 Å². The maximum absolute atomic E-state index is 6.21. The maximum atomic E-state index is 6.21. The number of nitrogens with zero attached hydrogens (tertiary/aromatic N) is 1. The number of hydrogen-bond acceptors (Lipinski definition) is 4. The van der Waals surface area contributed by atoms with Crippen molar-refractivity contribution in [3.8, 4) is 5.75 Å². The Bertz CT molecular complexity index is 407. The van der Waals surface area contributed by atoms with E-state index < -0.39 is 0 Å². The lowest BCUT2D eigenvalue weighted by Gasteiger charge is -2.35. The van der Waals surface area contributed by atoms with Gasteiger partial charge in [-0.2, -0.15) is 0 Å². The molecule has 0 amide bonds. The number of para-hydroxylation sites is 1. The van der Waals surface area contributed by atoms with Gasteiger partial charge < -0.3 is 20.1 Å². The third-order valence-electron chi connectivity index (χ3n) is 3.46. The van der Waals surface area contributed by atoms with Crippen LogP contribution < -0.4 is 15.4 Å². The van der Waals surface area contributed by atoms with Gasteiger partial charge >= 0.3 is 0 Å². The fourth-order valence-corrected chi connectivity index (χ4v) is 2.62. The molecule has 1 aliphatic rings. The second kappa shape index (κ2) is 6.66. The number of nitrogen functional groups attached to an aromatic ring is 1. The van der Waals surface area contributed by atoms with E-state index in [0.717, 1.165) is 49.7 Å². The van der Waals surface area contributed by atoms with Crippen LogP contribution in [-0.2, 0) is 4.74 Å². The number of anilines is 2. The van der Waals surface area contributed by atoms with Crippen molar-refractivity contribution in [2.45, 2.75) is 32.8 Å². The molecule has 0 radical (unpaired) electrons. The lowest BCUT2D eigenvalue weighted by molar-refractivity contribution is 0.0527. The number of piperidine rings is 1. The minimum atomic E-state index is 0.314. The minimum Gasteiger partial charge on any atom is -0.492 e. The third kappa shape index (κ3) is 3.32. The van der Waals surface area contributed by atoms with E-state index in [4.69, 9.17) is 15.2 Å². The molecule has 4 heteroatoms. The van der Waals surface area contributed by atoms with E-state index in [1.54, 1.807) is 0 Å². The number of nitrogens with two attached hydrogens (primary N) is 1. The van der Waals surface area contributed by atoms with Crippen LogP contribution in [-0.4, -0.2) is 32.4 Å². The molecule has 19 heavy (non-hydrogen) atoms. The molecule has 1 atom stereocenters. The van der Waals surface area contributed by atoms with Crippen LogP contribution in [0.1, 0.15) is 26.7 Å². The standard InChI is InChI=1S/C15H24N2O2/c1-3-18-12-7-6-10-17(11-12)13-8-5-9-14(15(13)16)19-4-2/h5,8-9,12H,3-4,6-7,10-11,16H2,1-2H3. The van der Waals surface area contributed by atoms with Crippen LogP contribution in [0, 0.1) is 0 Å². The fourth-order valence-electron chi connectivity index (χ4n) is 2.62. The van der Waals surface area contributed by atoms with Crippen LogP contribution in [0.15, 0.2) is 18.2 Å². The number of rotatable bonds is 5. The lowest BCUT2D eigenvalue weighted by Crippen LogP contribution is -2.40. The summed E-state index contributed by atoms with van der Waals surface area (Å²) in [7, 11) is 0. The maximum Gasteiger partial charge on any atom is 0.144 e. The summed E-state index contributed by atoms with van der Waals surface area (Å²) >= 11 is 0. The molecule has 0 saturated carbocycles. The highest BCUT2D eigenvalue weighted by Crippen LogP contribution is 2.34. The second-order valence-corrected chi connectivity index (χ2v) is 4.79. The van der Waals surface area contributed by atoms with Gasteiger partial charge in [0.15, 0.2) is 0 Å². The van der Waals surface area contributed by atoms with E-state index >= 15 is 0 Å². The highest BCUT2D eigenvalue weighted by Gasteiger charge is 2.22. The molecule has 1 saturated heterocycles. The SMILES string of the molecule is CCOc1cccc(N2CCCC(OCC)C2)c1N. The van der Waals surface area contributed by atoms with Crippen molar-refractivity contribution in [2.75, 3.05) is 36.9 Å². The predicted octanol–water partition coefficient (Wildman–Crippen LogP) is 2.67. The molecular weight excluding hydrogens is 240 g/mol. The molecule has 1 aromatic rings. The molecule has 0 aromatic heterocycles. The molecule has 0 bridgehead atoms. The lowest BCUT2D eigenvalue weighted by atomic mass is 10.1. The van der Waals surface area contributed by atoms with Gasteiger partial charge in [-0.25, -0.2) is 0 Å². The van der Waals surface area contributed by atoms with Crippen molar-refractivity contribution in [2.24, 2.45) is 0 Å². The van der Waals surface area contributed by atoms with E-state index in [1.807, 2.05) is 26.0 Å². The van der Waals surface area contributed by atoms with Crippen molar-refractivity contribution in [3.05, 3.63) is 18.2 Å². The molecule has 2 rings (SSSR count). The largest absolute Gasteiger partial charge is 0.492 e. The van der Waals surface area contributed by atoms with E-state index in [2.05, 4.69) is 11.0 Å². The first-order chi connectivity index (χ1) is 9.26. The van der Waals surface area contributed by atoms with E-state index in [0.29, 0.717) is 12.7 Å². The van der Waals surface area contributed by atoms with Gasteiger partial charge in [-0.3, -0.25) is 0 Å². The Morgan fingerprint density at radius 3 is 2.89 bits per heavy atom. The first-order valence-corrected chi connectivity index (χ1v) is 7.14. The van der Waals surface area contributed by atoms with Crippen LogP contribution >= 0.6 is 0 Å². The summed E-state index contributed by atoms with van der Waals surface area (Å²) in [5, 5.41) is 0.